The Morgan fingerprint density at radius 1 is 1.47 bits per heavy atom. The molecule has 0 aliphatic heterocycles. The van der Waals surface area contributed by atoms with Crippen LogP contribution in [0.3, 0.4) is 0 Å². The van der Waals surface area contributed by atoms with Crippen LogP contribution in [0.15, 0.2) is 18.5 Å². The molecule has 1 N–H and O–H groups in total. The van der Waals surface area contributed by atoms with E-state index in [1.165, 1.54) is 6.07 Å². The van der Waals surface area contributed by atoms with E-state index in [2.05, 4.69) is 15.1 Å². The Morgan fingerprint density at radius 2 is 2.26 bits per heavy atom. The summed E-state index contributed by atoms with van der Waals surface area (Å²) in [5.74, 6) is 0.147. The van der Waals surface area contributed by atoms with Crippen molar-refractivity contribution < 1.29 is 4.39 Å². The van der Waals surface area contributed by atoms with Crippen molar-refractivity contribution in [3.63, 3.8) is 0 Å². The lowest BCUT2D eigenvalue weighted by molar-refractivity contribution is 0.629. The number of aromatic nitrogens is 5. The standard InChI is InChI=1S/C11H9ClFN5S/c1-17-5-14-10(16-17)4-18-9-2-6(12)7(13)3-8(9)15-11(18)19/h2-3,5H,4H2,1H3,(H,15,19). The van der Waals surface area contributed by atoms with E-state index >= 15 is 0 Å². The highest BCUT2D eigenvalue weighted by molar-refractivity contribution is 7.71. The molecule has 2 heterocycles. The first-order valence-electron chi connectivity index (χ1n) is 5.46. The van der Waals surface area contributed by atoms with E-state index in [1.807, 2.05) is 0 Å². The molecule has 1 aromatic carbocycles. The second-order valence-corrected chi connectivity index (χ2v) is 4.93. The fourth-order valence-corrected chi connectivity index (χ4v) is 2.34. The smallest absolute Gasteiger partial charge is 0.178 e. The van der Waals surface area contributed by atoms with Crippen molar-refractivity contribution in [2.45, 2.75) is 6.54 Å². The third-order valence-electron chi connectivity index (χ3n) is 2.76. The van der Waals surface area contributed by atoms with Crippen LogP contribution in [0.4, 0.5) is 4.39 Å². The predicted octanol–water partition coefficient (Wildman–Crippen LogP) is 2.67. The van der Waals surface area contributed by atoms with Crippen molar-refractivity contribution in [3.8, 4) is 0 Å². The maximum atomic E-state index is 13.4. The van der Waals surface area contributed by atoms with Crippen LogP contribution in [0.1, 0.15) is 5.82 Å². The molecule has 3 rings (SSSR count). The molecule has 0 bridgehead atoms. The molecule has 0 radical (unpaired) electrons. The molecule has 0 saturated carbocycles. The lowest BCUT2D eigenvalue weighted by Gasteiger charge is -2.01. The summed E-state index contributed by atoms with van der Waals surface area (Å²) in [6.45, 7) is 0.404. The molecule has 0 aliphatic carbocycles. The maximum absolute atomic E-state index is 13.4. The summed E-state index contributed by atoms with van der Waals surface area (Å²) in [5, 5.41) is 4.25. The number of fused-ring (bicyclic) bond motifs is 1. The number of hydrogen-bond donors (Lipinski definition) is 1. The predicted molar refractivity (Wildman–Crippen MR) is 72.2 cm³/mol. The van der Waals surface area contributed by atoms with E-state index in [4.69, 9.17) is 23.8 Å². The average Bonchev–Trinajstić information content (AvgIpc) is 2.87. The van der Waals surface area contributed by atoms with Gasteiger partial charge in [0, 0.05) is 13.1 Å². The molecule has 0 atom stereocenters. The number of imidazole rings is 1. The van der Waals surface area contributed by atoms with Gasteiger partial charge >= 0.3 is 0 Å². The minimum Gasteiger partial charge on any atom is -0.330 e. The molecular weight excluding hydrogens is 289 g/mol. The van der Waals surface area contributed by atoms with Gasteiger partial charge in [0.15, 0.2) is 10.6 Å². The summed E-state index contributed by atoms with van der Waals surface area (Å²) < 4.78 is 17.3. The van der Waals surface area contributed by atoms with Crippen molar-refractivity contribution in [1.29, 1.82) is 0 Å². The van der Waals surface area contributed by atoms with Gasteiger partial charge in [-0.15, -0.1) is 0 Å². The minimum atomic E-state index is -0.478. The monoisotopic (exact) mass is 297 g/mol. The molecule has 3 aromatic rings. The van der Waals surface area contributed by atoms with Crippen molar-refractivity contribution in [1.82, 2.24) is 24.3 Å². The van der Waals surface area contributed by atoms with Crippen LogP contribution in [0, 0.1) is 10.6 Å². The van der Waals surface area contributed by atoms with Crippen LogP contribution in [-0.2, 0) is 13.6 Å². The number of nitrogens with one attached hydrogen (secondary N) is 1. The van der Waals surface area contributed by atoms with Gasteiger partial charge in [0.1, 0.15) is 12.1 Å². The highest BCUT2D eigenvalue weighted by atomic mass is 35.5. The van der Waals surface area contributed by atoms with E-state index < -0.39 is 5.82 Å². The van der Waals surface area contributed by atoms with E-state index in [9.17, 15) is 4.39 Å². The van der Waals surface area contributed by atoms with Gasteiger partial charge in [-0.1, -0.05) is 11.6 Å². The van der Waals surface area contributed by atoms with Gasteiger partial charge in [0.2, 0.25) is 0 Å². The summed E-state index contributed by atoms with van der Waals surface area (Å²) >= 11 is 11.0. The molecular formula is C11H9ClFN5S. The first-order chi connectivity index (χ1) is 9.04. The minimum absolute atomic E-state index is 0.0595. The van der Waals surface area contributed by atoms with Crippen molar-refractivity contribution in [3.05, 3.63) is 39.9 Å². The normalized spacial score (nSPS) is 11.3. The topological polar surface area (TPSA) is 51.4 Å². The van der Waals surface area contributed by atoms with Crippen molar-refractivity contribution in [2.24, 2.45) is 7.05 Å². The van der Waals surface area contributed by atoms with Gasteiger partial charge in [-0.2, -0.15) is 5.10 Å². The fraction of sp³-hybridized carbons (Fsp3) is 0.182. The third-order valence-corrected chi connectivity index (χ3v) is 3.37. The van der Waals surface area contributed by atoms with E-state index in [0.29, 0.717) is 22.7 Å². The summed E-state index contributed by atoms with van der Waals surface area (Å²) in [6.07, 6.45) is 1.61. The summed E-state index contributed by atoms with van der Waals surface area (Å²) in [7, 11) is 1.79. The largest absolute Gasteiger partial charge is 0.330 e. The van der Waals surface area contributed by atoms with E-state index in [-0.39, 0.29) is 5.02 Å². The summed E-state index contributed by atoms with van der Waals surface area (Å²) in [6, 6.07) is 2.87. The molecule has 5 nitrogen and oxygen atoms in total. The Labute approximate surface area is 117 Å². The lowest BCUT2D eigenvalue weighted by Crippen LogP contribution is -2.02. The Balaban J connectivity index is 2.15. The number of hydrogen-bond acceptors (Lipinski definition) is 3. The molecule has 19 heavy (non-hydrogen) atoms. The summed E-state index contributed by atoms with van der Waals surface area (Å²) in [4.78, 5) is 7.08. The van der Waals surface area contributed by atoms with Gasteiger partial charge in [-0.3, -0.25) is 4.68 Å². The summed E-state index contributed by atoms with van der Waals surface area (Å²) in [5.41, 5.74) is 1.33. The van der Waals surface area contributed by atoms with Crippen LogP contribution < -0.4 is 0 Å². The number of aromatic amines is 1. The van der Waals surface area contributed by atoms with Crippen LogP contribution in [-0.4, -0.2) is 24.3 Å². The van der Waals surface area contributed by atoms with Gasteiger partial charge < -0.3 is 9.55 Å². The second-order valence-electron chi connectivity index (χ2n) is 4.13. The third kappa shape index (κ3) is 2.15. The molecule has 0 aliphatic rings. The highest BCUT2D eigenvalue weighted by Gasteiger charge is 2.10. The van der Waals surface area contributed by atoms with E-state index in [0.717, 1.165) is 5.52 Å². The molecule has 0 saturated heterocycles. The Bertz CT molecular complexity index is 818. The Hall–Kier alpha value is -1.73. The zero-order chi connectivity index (χ0) is 13.6. The van der Waals surface area contributed by atoms with Gasteiger partial charge in [-0.25, -0.2) is 9.37 Å². The van der Waals surface area contributed by atoms with Crippen LogP contribution in [0.25, 0.3) is 11.0 Å². The van der Waals surface area contributed by atoms with Crippen LogP contribution in [0.5, 0.6) is 0 Å². The van der Waals surface area contributed by atoms with Crippen molar-refractivity contribution >= 4 is 34.9 Å². The second kappa shape index (κ2) is 4.43. The number of aryl methyl sites for hydroxylation is 1. The number of nitrogens with zero attached hydrogens (tertiary/aromatic N) is 4. The Morgan fingerprint density at radius 3 is 2.95 bits per heavy atom. The number of rotatable bonds is 2. The number of halogens is 2. The molecule has 2 aromatic heterocycles. The van der Waals surface area contributed by atoms with Crippen molar-refractivity contribution in [2.75, 3.05) is 0 Å². The SMILES string of the molecule is Cn1cnc(Cn2c(=S)[nH]c3cc(F)c(Cl)cc32)n1. The zero-order valence-corrected chi connectivity index (χ0v) is 11.5. The quantitative estimate of drug-likeness (QED) is 0.740. The van der Waals surface area contributed by atoms with E-state index in [1.54, 1.807) is 28.7 Å². The molecule has 98 valence electrons. The Kier molecular flexibility index (Phi) is 2.87. The number of H-pyrrole nitrogens is 1. The maximum Gasteiger partial charge on any atom is 0.178 e. The van der Waals surface area contributed by atoms with Gasteiger partial charge in [-0.05, 0) is 18.3 Å². The van der Waals surface area contributed by atoms with Crippen LogP contribution >= 0.6 is 23.8 Å². The number of benzene rings is 1. The first-order valence-corrected chi connectivity index (χ1v) is 6.25. The van der Waals surface area contributed by atoms with Gasteiger partial charge in [0.05, 0.1) is 22.6 Å². The van der Waals surface area contributed by atoms with Crippen LogP contribution in [0.2, 0.25) is 5.02 Å². The fourth-order valence-electron chi connectivity index (χ4n) is 1.91. The molecule has 0 amide bonds. The molecule has 0 fully saturated rings. The van der Waals surface area contributed by atoms with Gasteiger partial charge in [0.25, 0.3) is 0 Å². The highest BCUT2D eigenvalue weighted by Crippen LogP contribution is 2.23. The molecule has 8 heteroatoms. The molecule has 0 unspecified atom stereocenters. The zero-order valence-electron chi connectivity index (χ0n) is 9.89. The average molecular weight is 298 g/mol. The first kappa shape index (κ1) is 12.3. The lowest BCUT2D eigenvalue weighted by atomic mass is 10.3. The molecule has 0 spiro atoms.